The Hall–Kier alpha value is -2.33. The van der Waals surface area contributed by atoms with E-state index in [1.807, 2.05) is 45.9 Å². The van der Waals surface area contributed by atoms with Crippen LogP contribution in [0.2, 0.25) is 0 Å². The number of alkyl halides is 1. The highest BCUT2D eigenvalue weighted by Gasteiger charge is 2.18. The molecule has 26 heavy (non-hydrogen) atoms. The normalized spacial score (nSPS) is 12.8. The van der Waals surface area contributed by atoms with Gasteiger partial charge in [0.15, 0.2) is 5.43 Å². The lowest BCUT2D eigenvalue weighted by Gasteiger charge is -2.13. The first-order valence-electron chi connectivity index (χ1n) is 8.67. The summed E-state index contributed by atoms with van der Waals surface area (Å²) in [7, 11) is 0. The van der Waals surface area contributed by atoms with Crippen molar-refractivity contribution < 1.29 is 4.42 Å². The average Bonchev–Trinajstić information content (AvgIpc) is 2.96. The van der Waals surface area contributed by atoms with E-state index in [4.69, 9.17) is 4.42 Å². The lowest BCUT2D eigenvalue weighted by molar-refractivity contribution is 0.609. The van der Waals surface area contributed by atoms with Crippen LogP contribution in [-0.4, -0.2) is 4.98 Å². The first-order valence-corrected chi connectivity index (χ1v) is 9.58. The Balaban J connectivity index is 2.05. The Morgan fingerprint density at radius 3 is 2.58 bits per heavy atom. The van der Waals surface area contributed by atoms with Crippen molar-refractivity contribution in [2.45, 2.75) is 32.5 Å². The number of aromatic nitrogens is 1. The van der Waals surface area contributed by atoms with Gasteiger partial charge in [0.1, 0.15) is 11.3 Å². The van der Waals surface area contributed by atoms with Gasteiger partial charge in [-0.1, -0.05) is 22.0 Å². The summed E-state index contributed by atoms with van der Waals surface area (Å²) in [4.78, 5) is 16.5. The molecule has 1 atom stereocenters. The van der Waals surface area contributed by atoms with E-state index in [9.17, 15) is 4.79 Å². The van der Waals surface area contributed by atoms with Gasteiger partial charge in [0, 0.05) is 38.1 Å². The minimum Gasteiger partial charge on any atom is -0.455 e. The first kappa shape index (κ1) is 17.1. The number of rotatable bonds is 2. The highest BCUT2D eigenvalue weighted by atomic mass is 79.9. The molecule has 1 N–H and O–H groups in total. The Labute approximate surface area is 160 Å². The number of hydrogen-bond donors (Lipinski definition) is 1. The van der Waals surface area contributed by atoms with E-state index in [0.29, 0.717) is 22.3 Å². The lowest BCUT2D eigenvalue weighted by atomic mass is 10.0. The topological polar surface area (TPSA) is 46.0 Å². The monoisotopic (exact) mass is 409 g/mol. The van der Waals surface area contributed by atoms with Crippen LogP contribution in [0, 0.1) is 20.8 Å². The number of halogens is 1. The third-order valence-electron chi connectivity index (χ3n) is 4.84. The zero-order valence-corrected chi connectivity index (χ0v) is 16.8. The third kappa shape index (κ3) is 2.69. The van der Waals surface area contributed by atoms with Gasteiger partial charge in [-0.05, 0) is 63.6 Å². The molecule has 0 aliphatic heterocycles. The molecule has 0 fully saturated rings. The third-order valence-corrected chi connectivity index (χ3v) is 5.33. The van der Waals surface area contributed by atoms with Crippen LogP contribution in [0.5, 0.6) is 0 Å². The van der Waals surface area contributed by atoms with Crippen LogP contribution < -0.4 is 5.43 Å². The zero-order valence-electron chi connectivity index (χ0n) is 15.2. The summed E-state index contributed by atoms with van der Waals surface area (Å²) in [5.74, 6) is 0.640. The van der Waals surface area contributed by atoms with Crippen molar-refractivity contribution in [1.29, 1.82) is 0 Å². The van der Waals surface area contributed by atoms with Crippen LogP contribution in [0.25, 0.3) is 33.2 Å². The largest absolute Gasteiger partial charge is 0.455 e. The molecule has 2 heterocycles. The summed E-state index contributed by atoms with van der Waals surface area (Å²) >= 11 is 3.63. The van der Waals surface area contributed by atoms with Crippen LogP contribution in [-0.2, 0) is 0 Å². The molecular weight excluding hydrogens is 390 g/mol. The Morgan fingerprint density at radius 1 is 1.08 bits per heavy atom. The van der Waals surface area contributed by atoms with Crippen molar-refractivity contribution in [3.63, 3.8) is 0 Å². The zero-order chi connectivity index (χ0) is 18.6. The van der Waals surface area contributed by atoms with Crippen LogP contribution in [0.1, 0.15) is 34.1 Å². The molecule has 4 rings (SSSR count). The maximum atomic E-state index is 13.0. The smallest absolute Gasteiger partial charge is 0.196 e. The van der Waals surface area contributed by atoms with E-state index in [-0.39, 0.29) is 10.3 Å². The molecule has 2 aromatic carbocycles. The lowest BCUT2D eigenvalue weighted by Crippen LogP contribution is -2.09. The SMILES string of the molecule is Cc1cc(C(C)Br)c2oc(-c3ccc4[nH]c(C)cc4c3)c(C)c(=O)c2c1. The Bertz CT molecular complexity index is 1210. The van der Waals surface area contributed by atoms with Crippen LogP contribution in [0.3, 0.4) is 0 Å². The molecule has 0 saturated heterocycles. The van der Waals surface area contributed by atoms with Crippen molar-refractivity contribution in [2.75, 3.05) is 0 Å². The van der Waals surface area contributed by atoms with Gasteiger partial charge in [-0.15, -0.1) is 0 Å². The van der Waals surface area contributed by atoms with E-state index in [0.717, 1.165) is 33.3 Å². The number of aromatic amines is 1. The Morgan fingerprint density at radius 2 is 1.85 bits per heavy atom. The van der Waals surface area contributed by atoms with Gasteiger partial charge in [-0.3, -0.25) is 4.79 Å². The van der Waals surface area contributed by atoms with Crippen molar-refractivity contribution in [1.82, 2.24) is 4.98 Å². The fourth-order valence-electron chi connectivity index (χ4n) is 3.56. The molecule has 1 unspecified atom stereocenters. The fraction of sp³-hybridized carbons (Fsp3) is 0.227. The van der Waals surface area contributed by atoms with Gasteiger partial charge < -0.3 is 9.40 Å². The summed E-state index contributed by atoms with van der Waals surface area (Å²) in [5, 5.41) is 1.76. The van der Waals surface area contributed by atoms with Gasteiger partial charge in [-0.2, -0.15) is 0 Å². The van der Waals surface area contributed by atoms with Crippen LogP contribution in [0.4, 0.5) is 0 Å². The highest BCUT2D eigenvalue weighted by molar-refractivity contribution is 9.09. The molecule has 0 radical (unpaired) electrons. The maximum Gasteiger partial charge on any atom is 0.196 e. The quantitative estimate of drug-likeness (QED) is 0.393. The van der Waals surface area contributed by atoms with Gasteiger partial charge in [0.05, 0.1) is 5.39 Å². The van der Waals surface area contributed by atoms with Gasteiger partial charge >= 0.3 is 0 Å². The number of nitrogens with one attached hydrogen (secondary N) is 1. The molecule has 4 heteroatoms. The molecule has 2 aromatic heterocycles. The predicted molar refractivity (Wildman–Crippen MR) is 111 cm³/mol. The minimum atomic E-state index is 0.0321. The predicted octanol–water partition coefficient (Wildman–Crippen LogP) is 6.32. The molecule has 4 aromatic rings. The van der Waals surface area contributed by atoms with Crippen molar-refractivity contribution in [2.24, 2.45) is 0 Å². The van der Waals surface area contributed by atoms with Gasteiger partial charge in [0.2, 0.25) is 0 Å². The fourth-order valence-corrected chi connectivity index (χ4v) is 3.90. The number of fused-ring (bicyclic) bond motifs is 2. The van der Waals surface area contributed by atoms with Crippen LogP contribution >= 0.6 is 15.9 Å². The minimum absolute atomic E-state index is 0.0321. The summed E-state index contributed by atoms with van der Waals surface area (Å²) < 4.78 is 6.32. The molecule has 0 aliphatic rings. The van der Waals surface area contributed by atoms with E-state index in [1.165, 1.54) is 0 Å². The summed E-state index contributed by atoms with van der Waals surface area (Å²) in [6.07, 6.45) is 0. The number of hydrogen-bond acceptors (Lipinski definition) is 2. The summed E-state index contributed by atoms with van der Waals surface area (Å²) in [6, 6.07) is 12.2. The summed E-state index contributed by atoms with van der Waals surface area (Å²) in [6.45, 7) is 7.92. The van der Waals surface area contributed by atoms with Gasteiger partial charge in [0.25, 0.3) is 0 Å². The van der Waals surface area contributed by atoms with E-state index < -0.39 is 0 Å². The highest BCUT2D eigenvalue weighted by Crippen LogP contribution is 2.34. The molecule has 0 spiro atoms. The second-order valence-electron chi connectivity index (χ2n) is 6.99. The van der Waals surface area contributed by atoms with Crippen LogP contribution in [0.15, 0.2) is 45.6 Å². The summed E-state index contributed by atoms with van der Waals surface area (Å²) in [5.41, 5.74) is 6.50. The molecule has 0 amide bonds. The number of benzene rings is 2. The second-order valence-corrected chi connectivity index (χ2v) is 8.36. The first-order chi connectivity index (χ1) is 12.3. The van der Waals surface area contributed by atoms with Crippen molar-refractivity contribution in [3.05, 3.63) is 69.0 Å². The Kier molecular flexibility index (Phi) is 4.03. The molecule has 132 valence electrons. The van der Waals surface area contributed by atoms with Crippen molar-refractivity contribution in [3.8, 4) is 11.3 Å². The van der Waals surface area contributed by atoms with Gasteiger partial charge in [-0.25, -0.2) is 0 Å². The molecule has 3 nitrogen and oxygen atoms in total. The average molecular weight is 410 g/mol. The molecular formula is C22H20BrNO2. The standard InChI is InChI=1S/C22H20BrNO2/c1-11-7-17(14(4)23)22-18(8-11)20(25)13(3)21(26-22)15-5-6-19-16(10-15)9-12(2)24-19/h5-10,14,24H,1-4H3. The number of H-pyrrole nitrogens is 1. The molecule has 0 aliphatic carbocycles. The van der Waals surface area contributed by atoms with E-state index >= 15 is 0 Å². The van der Waals surface area contributed by atoms with Crippen molar-refractivity contribution >= 4 is 37.8 Å². The van der Waals surface area contributed by atoms with E-state index in [1.54, 1.807) is 0 Å². The molecule has 0 bridgehead atoms. The number of aryl methyl sites for hydroxylation is 2. The van der Waals surface area contributed by atoms with E-state index in [2.05, 4.69) is 39.1 Å². The second kappa shape index (κ2) is 6.13. The maximum absolute atomic E-state index is 13.0. The molecule has 0 saturated carbocycles.